The Hall–Kier alpha value is -2.79. The number of hydrogen-bond donors (Lipinski definition) is 1. The van der Waals surface area contributed by atoms with Gasteiger partial charge >= 0.3 is 0 Å². The van der Waals surface area contributed by atoms with E-state index >= 15 is 0 Å². The fraction of sp³-hybridized carbons (Fsp3) is 0.143. The lowest BCUT2D eigenvalue weighted by Crippen LogP contribution is -2.31. The molecule has 26 heavy (non-hydrogen) atoms. The monoisotopic (exact) mass is 359 g/mol. The predicted molar refractivity (Wildman–Crippen MR) is 110 cm³/mol. The van der Waals surface area contributed by atoms with Crippen LogP contribution < -0.4 is 10.2 Å². The van der Waals surface area contributed by atoms with Gasteiger partial charge in [0.1, 0.15) is 0 Å². The van der Waals surface area contributed by atoms with Gasteiger partial charge in [-0.05, 0) is 35.6 Å². The minimum absolute atomic E-state index is 0.126. The highest BCUT2D eigenvalue weighted by molar-refractivity contribution is 8.14. The van der Waals surface area contributed by atoms with E-state index in [9.17, 15) is 4.79 Å². The van der Waals surface area contributed by atoms with Gasteiger partial charge in [0.25, 0.3) is 0 Å². The number of rotatable bonds is 2. The molecule has 5 heteroatoms. The molecule has 5 rings (SSSR count). The summed E-state index contributed by atoms with van der Waals surface area (Å²) in [6.07, 6.45) is 0.932. The first-order valence-corrected chi connectivity index (χ1v) is 9.67. The molecule has 0 saturated heterocycles. The molecule has 2 aliphatic heterocycles. The summed E-state index contributed by atoms with van der Waals surface area (Å²) in [5.41, 5.74) is 4.30. The van der Waals surface area contributed by atoms with Crippen LogP contribution in [0, 0.1) is 0 Å². The molecule has 2 aliphatic rings. The summed E-state index contributed by atoms with van der Waals surface area (Å²) >= 11 is 1.46. The second kappa shape index (κ2) is 6.18. The van der Waals surface area contributed by atoms with Gasteiger partial charge in [0.05, 0.1) is 17.1 Å². The van der Waals surface area contributed by atoms with E-state index in [4.69, 9.17) is 4.99 Å². The number of nitrogens with one attached hydrogen (secondary N) is 1. The van der Waals surface area contributed by atoms with Crippen molar-refractivity contribution in [3.8, 4) is 0 Å². The van der Waals surface area contributed by atoms with Gasteiger partial charge in [-0.25, -0.2) is 4.99 Å². The first-order chi connectivity index (χ1) is 12.8. The van der Waals surface area contributed by atoms with E-state index in [-0.39, 0.29) is 5.91 Å². The van der Waals surface area contributed by atoms with E-state index in [1.54, 1.807) is 0 Å². The quantitative estimate of drug-likeness (QED) is 0.729. The summed E-state index contributed by atoms with van der Waals surface area (Å²) in [4.78, 5) is 19.3. The van der Waals surface area contributed by atoms with E-state index in [1.165, 1.54) is 22.7 Å². The molecule has 0 aromatic heterocycles. The van der Waals surface area contributed by atoms with Gasteiger partial charge in [0.2, 0.25) is 5.91 Å². The lowest BCUT2D eigenvalue weighted by Gasteiger charge is -2.20. The Morgan fingerprint density at radius 1 is 1.08 bits per heavy atom. The lowest BCUT2D eigenvalue weighted by atomic mass is 10.1. The number of benzene rings is 3. The van der Waals surface area contributed by atoms with Crippen LogP contribution in [0.2, 0.25) is 0 Å². The normalized spacial score (nSPS) is 14.8. The fourth-order valence-electron chi connectivity index (χ4n) is 3.64. The first-order valence-electron chi connectivity index (χ1n) is 8.68. The lowest BCUT2D eigenvalue weighted by molar-refractivity contribution is -0.116. The fourth-order valence-corrected chi connectivity index (χ4v) is 4.41. The molecule has 0 unspecified atom stereocenters. The third-order valence-corrected chi connectivity index (χ3v) is 5.72. The number of para-hydroxylation sites is 1. The van der Waals surface area contributed by atoms with E-state index in [0.29, 0.717) is 5.75 Å². The topological polar surface area (TPSA) is 44.7 Å². The molecule has 0 spiro atoms. The zero-order valence-corrected chi connectivity index (χ0v) is 14.9. The molecule has 4 nitrogen and oxygen atoms in total. The number of hydrogen-bond acceptors (Lipinski definition) is 4. The minimum Gasteiger partial charge on any atom is -0.334 e. The van der Waals surface area contributed by atoms with E-state index < -0.39 is 0 Å². The van der Waals surface area contributed by atoms with Crippen LogP contribution in [0.5, 0.6) is 0 Å². The number of amidine groups is 1. The maximum absolute atomic E-state index is 12.7. The Bertz CT molecular complexity index is 1050. The summed E-state index contributed by atoms with van der Waals surface area (Å²) in [5, 5.41) is 6.45. The molecule has 3 aromatic carbocycles. The van der Waals surface area contributed by atoms with E-state index in [0.717, 1.165) is 40.6 Å². The highest BCUT2D eigenvalue weighted by Crippen LogP contribution is 2.37. The van der Waals surface area contributed by atoms with Crippen LogP contribution in [-0.4, -0.2) is 23.4 Å². The molecular formula is C21H17N3OS. The molecular weight excluding hydrogens is 342 g/mol. The van der Waals surface area contributed by atoms with Crippen LogP contribution in [0.4, 0.5) is 17.1 Å². The van der Waals surface area contributed by atoms with Crippen LogP contribution >= 0.6 is 11.8 Å². The van der Waals surface area contributed by atoms with E-state index in [1.807, 2.05) is 41.3 Å². The van der Waals surface area contributed by atoms with Crippen LogP contribution in [-0.2, 0) is 11.2 Å². The molecule has 0 bridgehead atoms. The summed E-state index contributed by atoms with van der Waals surface area (Å²) in [7, 11) is 0. The Morgan fingerprint density at radius 3 is 2.85 bits per heavy atom. The molecule has 0 atom stereocenters. The average molecular weight is 359 g/mol. The Kier molecular flexibility index (Phi) is 3.68. The number of thioether (sulfide) groups is 1. The van der Waals surface area contributed by atoms with Crippen LogP contribution in [0.25, 0.3) is 10.8 Å². The molecule has 1 N–H and O–H groups in total. The Labute approximate surface area is 155 Å². The average Bonchev–Trinajstić information content (AvgIpc) is 3.11. The zero-order chi connectivity index (χ0) is 17.5. The number of anilines is 2. The number of carbonyl (C=O) groups excluding carboxylic acids is 1. The van der Waals surface area contributed by atoms with Crippen molar-refractivity contribution in [3.05, 3.63) is 66.2 Å². The van der Waals surface area contributed by atoms with Gasteiger partial charge in [0, 0.05) is 17.6 Å². The largest absolute Gasteiger partial charge is 0.334 e. The molecule has 0 saturated carbocycles. The van der Waals surface area contributed by atoms with Crippen molar-refractivity contribution in [2.24, 2.45) is 4.99 Å². The summed E-state index contributed by atoms with van der Waals surface area (Å²) in [6.45, 7) is 0.765. The van der Waals surface area contributed by atoms with Gasteiger partial charge in [-0.2, -0.15) is 0 Å². The first kappa shape index (κ1) is 15.5. The number of nitrogens with zero attached hydrogens (tertiary/aromatic N) is 2. The van der Waals surface area contributed by atoms with Crippen LogP contribution in [0.15, 0.2) is 65.7 Å². The van der Waals surface area contributed by atoms with Crippen molar-refractivity contribution in [1.29, 1.82) is 0 Å². The Balaban J connectivity index is 1.34. The molecule has 3 aromatic rings. The zero-order valence-electron chi connectivity index (χ0n) is 14.1. The number of fused-ring (bicyclic) bond motifs is 1. The van der Waals surface area contributed by atoms with Crippen molar-refractivity contribution in [2.75, 3.05) is 22.5 Å². The highest BCUT2D eigenvalue weighted by atomic mass is 32.2. The van der Waals surface area contributed by atoms with Crippen molar-refractivity contribution >= 4 is 50.7 Å². The predicted octanol–water partition coefficient (Wildman–Crippen LogP) is 4.58. The molecule has 0 aliphatic carbocycles. The van der Waals surface area contributed by atoms with Gasteiger partial charge in [0.15, 0.2) is 5.17 Å². The maximum atomic E-state index is 12.7. The van der Waals surface area contributed by atoms with Crippen LogP contribution in [0.1, 0.15) is 5.56 Å². The Morgan fingerprint density at radius 2 is 1.92 bits per heavy atom. The van der Waals surface area contributed by atoms with Crippen molar-refractivity contribution < 1.29 is 4.79 Å². The van der Waals surface area contributed by atoms with Crippen LogP contribution in [0.3, 0.4) is 0 Å². The van der Waals surface area contributed by atoms with Crippen molar-refractivity contribution in [3.63, 3.8) is 0 Å². The molecule has 0 fully saturated rings. The van der Waals surface area contributed by atoms with E-state index in [2.05, 4.69) is 29.6 Å². The summed E-state index contributed by atoms with van der Waals surface area (Å²) in [6, 6.07) is 20.4. The standard InChI is InChI=1S/C21H17N3OS/c25-19(24-12-11-14-5-1-2-10-18(14)24)13-26-21-22-16-8-3-6-15-7-4-9-17(23-21)20(15)16/h1-10H,11-13H2,(H,22,23). The van der Waals surface area contributed by atoms with Crippen molar-refractivity contribution in [1.82, 2.24) is 0 Å². The number of amides is 1. The second-order valence-corrected chi connectivity index (χ2v) is 7.40. The second-order valence-electron chi connectivity index (χ2n) is 6.44. The number of aliphatic imine (C=N–C) groups is 1. The SMILES string of the molecule is O=C(CSC1=Nc2cccc3cccc(c23)N1)N1CCc2ccccc21. The minimum atomic E-state index is 0.126. The summed E-state index contributed by atoms with van der Waals surface area (Å²) < 4.78 is 0. The van der Waals surface area contributed by atoms with Crippen molar-refractivity contribution in [2.45, 2.75) is 6.42 Å². The maximum Gasteiger partial charge on any atom is 0.237 e. The molecule has 1 amide bonds. The number of carbonyl (C=O) groups is 1. The molecule has 0 radical (unpaired) electrons. The smallest absolute Gasteiger partial charge is 0.237 e. The van der Waals surface area contributed by atoms with Gasteiger partial charge in [-0.3, -0.25) is 4.79 Å². The summed E-state index contributed by atoms with van der Waals surface area (Å²) in [5.74, 6) is 0.500. The third kappa shape index (κ3) is 2.56. The van der Waals surface area contributed by atoms with Gasteiger partial charge in [-0.15, -0.1) is 0 Å². The van der Waals surface area contributed by atoms with Gasteiger partial charge < -0.3 is 10.2 Å². The third-order valence-electron chi connectivity index (χ3n) is 4.87. The molecule has 2 heterocycles. The highest BCUT2D eigenvalue weighted by Gasteiger charge is 2.24. The molecule has 128 valence electrons. The van der Waals surface area contributed by atoms with Gasteiger partial charge in [-0.1, -0.05) is 54.2 Å².